The number of carbonyl (C=O) groups is 3. The molecule has 0 aliphatic carbocycles. The van der Waals surface area contributed by atoms with Crippen molar-refractivity contribution in [3.8, 4) is 28.3 Å². The summed E-state index contributed by atoms with van der Waals surface area (Å²) < 4.78 is 5.89. The molecule has 4 aromatic rings. The first kappa shape index (κ1) is 38.2. The second kappa shape index (κ2) is 17.4. The van der Waals surface area contributed by atoms with E-state index in [0.29, 0.717) is 10.7 Å². The Morgan fingerprint density at radius 1 is 0.820 bits per heavy atom. The molecule has 4 rings (SSSR count). The van der Waals surface area contributed by atoms with Crippen LogP contribution in [0.1, 0.15) is 100 Å². The van der Waals surface area contributed by atoms with Gasteiger partial charge in [-0.1, -0.05) is 89.8 Å². The third-order valence-electron chi connectivity index (χ3n) is 8.25. The highest BCUT2D eigenvalue weighted by atomic mass is 32.1. The Morgan fingerprint density at radius 2 is 1.46 bits per heavy atom. The van der Waals surface area contributed by atoms with Crippen LogP contribution in [-0.4, -0.2) is 51.0 Å². The summed E-state index contributed by atoms with van der Waals surface area (Å²) in [7, 11) is 0. The molecule has 0 aliphatic heterocycles. The zero-order valence-electron chi connectivity index (χ0n) is 30.0. The van der Waals surface area contributed by atoms with Gasteiger partial charge in [0.1, 0.15) is 11.8 Å². The summed E-state index contributed by atoms with van der Waals surface area (Å²) in [5.41, 5.74) is 2.39. The number of aromatic nitrogens is 2. The second-order valence-electron chi connectivity index (χ2n) is 14.4. The molecule has 0 saturated heterocycles. The number of aliphatic carboxylic acids is 1. The van der Waals surface area contributed by atoms with Crippen molar-refractivity contribution in [1.82, 2.24) is 20.6 Å². The lowest BCUT2D eigenvalue weighted by atomic mass is 9.95. The van der Waals surface area contributed by atoms with Crippen molar-refractivity contribution in [2.24, 2.45) is 0 Å². The summed E-state index contributed by atoms with van der Waals surface area (Å²) in [5.74, 6) is -0.421. The van der Waals surface area contributed by atoms with Crippen molar-refractivity contribution in [3.63, 3.8) is 0 Å². The molecule has 0 spiro atoms. The molecule has 2 amide bonds. The molecule has 50 heavy (non-hydrogen) atoms. The van der Waals surface area contributed by atoms with E-state index < -0.39 is 23.5 Å². The lowest BCUT2D eigenvalue weighted by Gasteiger charge is -2.28. The first-order chi connectivity index (χ1) is 23.7. The van der Waals surface area contributed by atoms with Crippen LogP contribution in [0.2, 0.25) is 0 Å². The fraction of sp³-hybridized carbons (Fsp3) is 0.425. The highest BCUT2D eigenvalue weighted by molar-refractivity contribution is 7.14. The van der Waals surface area contributed by atoms with Gasteiger partial charge in [-0.2, -0.15) is 0 Å². The predicted octanol–water partition coefficient (Wildman–Crippen LogP) is 8.23. The maximum absolute atomic E-state index is 13.5. The molecule has 0 radical (unpaired) electrons. The number of hydrogen-bond donors (Lipinski definition) is 3. The van der Waals surface area contributed by atoms with Gasteiger partial charge in [0.25, 0.3) is 5.91 Å². The lowest BCUT2D eigenvalue weighted by Crippen LogP contribution is -2.54. The van der Waals surface area contributed by atoms with Gasteiger partial charge in [-0.3, -0.25) is 14.4 Å². The van der Waals surface area contributed by atoms with Gasteiger partial charge in [-0.05, 0) is 61.1 Å². The number of nitrogens with zero attached hydrogens (tertiary/aromatic N) is 2. The molecular weight excluding hydrogens is 649 g/mol. The summed E-state index contributed by atoms with van der Waals surface area (Å²) in [5, 5.41) is 15.0. The molecule has 2 heterocycles. The van der Waals surface area contributed by atoms with E-state index in [-0.39, 0.29) is 24.2 Å². The fourth-order valence-corrected chi connectivity index (χ4v) is 6.40. The van der Waals surface area contributed by atoms with E-state index in [2.05, 4.69) is 48.3 Å². The smallest absolute Gasteiger partial charge is 0.305 e. The molecule has 10 heteroatoms. The molecule has 2 aromatic heterocycles. The molecule has 266 valence electrons. The molecule has 1 atom stereocenters. The highest BCUT2D eigenvalue weighted by Crippen LogP contribution is 2.30. The van der Waals surface area contributed by atoms with Crippen molar-refractivity contribution in [1.29, 1.82) is 0 Å². The number of nitrogens with one attached hydrogen (secondary N) is 2. The summed E-state index contributed by atoms with van der Waals surface area (Å²) in [4.78, 5) is 48.9. The number of carboxylic acid groups (broad SMARTS) is 1. The van der Waals surface area contributed by atoms with E-state index in [9.17, 15) is 19.5 Å². The Kier molecular flexibility index (Phi) is 13.3. The predicted molar refractivity (Wildman–Crippen MR) is 200 cm³/mol. The van der Waals surface area contributed by atoms with E-state index in [0.717, 1.165) is 45.9 Å². The number of carboxylic acids is 1. The lowest BCUT2D eigenvalue weighted by molar-refractivity contribution is -0.138. The van der Waals surface area contributed by atoms with Crippen LogP contribution >= 0.6 is 11.3 Å². The first-order valence-electron chi connectivity index (χ1n) is 17.3. The van der Waals surface area contributed by atoms with E-state index in [4.69, 9.17) is 4.74 Å². The van der Waals surface area contributed by atoms with Gasteiger partial charge in [-0.15, -0.1) is 11.3 Å². The zero-order chi connectivity index (χ0) is 36.3. The summed E-state index contributed by atoms with van der Waals surface area (Å²) in [6.45, 7) is 12.5. The van der Waals surface area contributed by atoms with Crippen molar-refractivity contribution < 1.29 is 24.2 Å². The van der Waals surface area contributed by atoms with Crippen molar-refractivity contribution >= 4 is 29.1 Å². The molecule has 0 saturated carbocycles. The minimum atomic E-state index is -1.03. The summed E-state index contributed by atoms with van der Waals surface area (Å²) in [6, 6.07) is 18.3. The van der Waals surface area contributed by atoms with Crippen molar-refractivity contribution in [2.75, 3.05) is 6.61 Å². The minimum absolute atomic E-state index is 0.111. The molecule has 2 aromatic carbocycles. The van der Waals surface area contributed by atoms with Crippen LogP contribution in [-0.2, 0) is 21.4 Å². The van der Waals surface area contributed by atoms with Gasteiger partial charge in [0, 0.05) is 40.4 Å². The van der Waals surface area contributed by atoms with Crippen LogP contribution in [0.5, 0.6) is 5.75 Å². The van der Waals surface area contributed by atoms with Crippen LogP contribution < -0.4 is 15.4 Å². The van der Waals surface area contributed by atoms with Crippen molar-refractivity contribution in [2.45, 2.75) is 103 Å². The van der Waals surface area contributed by atoms with Gasteiger partial charge in [-0.25, -0.2) is 9.97 Å². The molecule has 9 nitrogen and oxygen atoms in total. The molecule has 0 fully saturated rings. The average Bonchev–Trinajstić information content (AvgIpc) is 3.58. The maximum atomic E-state index is 13.5. The van der Waals surface area contributed by atoms with Gasteiger partial charge < -0.3 is 20.5 Å². The van der Waals surface area contributed by atoms with Gasteiger partial charge in [0.15, 0.2) is 5.82 Å². The average molecular weight is 699 g/mol. The number of rotatable bonds is 17. The number of thiophene rings is 1. The molecule has 0 bridgehead atoms. The normalized spacial score (nSPS) is 12.3. The van der Waals surface area contributed by atoms with Crippen LogP contribution in [0.3, 0.4) is 0 Å². The Labute approximate surface area is 299 Å². The minimum Gasteiger partial charge on any atom is -0.494 e. The zero-order valence-corrected chi connectivity index (χ0v) is 30.9. The van der Waals surface area contributed by atoms with Gasteiger partial charge in [0.05, 0.1) is 17.9 Å². The fourth-order valence-electron chi connectivity index (χ4n) is 5.44. The quantitative estimate of drug-likeness (QED) is 0.0948. The SMILES string of the molecule is CCCCCCCOc1ccc(-c2cnc(-c3ccc(C[C@H](NC(=O)c4ccc(C(C)(C)C)s4)C(=O)NC(C)(C)CC(=O)O)cc3)nc2)cc1. The van der Waals surface area contributed by atoms with Gasteiger partial charge >= 0.3 is 5.97 Å². The van der Waals surface area contributed by atoms with Crippen LogP contribution in [0.15, 0.2) is 73.1 Å². The molecule has 0 unspecified atom stereocenters. The van der Waals surface area contributed by atoms with Crippen LogP contribution in [0, 0.1) is 0 Å². The van der Waals surface area contributed by atoms with Crippen molar-refractivity contribution in [3.05, 3.63) is 88.4 Å². The topological polar surface area (TPSA) is 131 Å². The largest absolute Gasteiger partial charge is 0.494 e. The van der Waals surface area contributed by atoms with E-state index in [1.807, 2.05) is 54.6 Å². The number of ether oxygens (including phenoxy) is 1. The van der Waals surface area contributed by atoms with Gasteiger partial charge in [0.2, 0.25) is 5.91 Å². The summed E-state index contributed by atoms with van der Waals surface area (Å²) >= 11 is 1.39. The van der Waals surface area contributed by atoms with Crippen LogP contribution in [0.25, 0.3) is 22.5 Å². The number of unbranched alkanes of at least 4 members (excludes halogenated alkanes) is 4. The number of benzene rings is 2. The second-order valence-corrected chi connectivity index (χ2v) is 15.5. The Bertz CT molecular complexity index is 1710. The summed E-state index contributed by atoms with van der Waals surface area (Å²) in [6.07, 6.45) is 9.55. The number of carbonyl (C=O) groups excluding carboxylic acids is 2. The molecule has 3 N–H and O–H groups in total. The highest BCUT2D eigenvalue weighted by Gasteiger charge is 2.30. The maximum Gasteiger partial charge on any atom is 0.305 e. The Balaban J connectivity index is 1.42. The van der Waals surface area contributed by atoms with Crippen LogP contribution in [0.4, 0.5) is 0 Å². The third kappa shape index (κ3) is 11.5. The monoisotopic (exact) mass is 698 g/mol. The first-order valence-corrected chi connectivity index (χ1v) is 18.2. The Morgan fingerprint density at radius 3 is 2.06 bits per heavy atom. The number of hydrogen-bond acceptors (Lipinski definition) is 7. The third-order valence-corrected chi connectivity index (χ3v) is 9.76. The molecular formula is C40H50N4O5S. The number of amides is 2. The Hall–Kier alpha value is -4.57. The van der Waals surface area contributed by atoms with E-state index in [1.165, 1.54) is 37.0 Å². The molecule has 0 aliphatic rings. The van der Waals surface area contributed by atoms with E-state index in [1.54, 1.807) is 32.3 Å². The van der Waals surface area contributed by atoms with E-state index >= 15 is 0 Å². The standard InChI is InChI=1S/C40H50N4O5S/c1-7-8-9-10-11-22-49-31-18-16-28(17-19-31)30-25-41-36(42-26-30)29-14-12-27(13-15-29)23-32(37(47)44-40(5,6)24-35(45)46)43-38(48)33-20-21-34(50-33)39(2,3)4/h12-21,25-26,32H,7-11,22-24H2,1-6H3,(H,43,48)(H,44,47)(H,45,46)/t32-/m0/s1.